The molecular formula is C15H20O3. The van der Waals surface area contributed by atoms with Crippen LogP contribution in [0.25, 0.3) is 0 Å². The van der Waals surface area contributed by atoms with Gasteiger partial charge in [0.05, 0.1) is 6.10 Å². The van der Waals surface area contributed by atoms with Gasteiger partial charge >= 0.3 is 5.97 Å². The van der Waals surface area contributed by atoms with E-state index in [0.717, 1.165) is 6.42 Å². The van der Waals surface area contributed by atoms with E-state index in [4.69, 9.17) is 12.8 Å². The van der Waals surface area contributed by atoms with Gasteiger partial charge in [0.25, 0.3) is 0 Å². The van der Waals surface area contributed by atoms with Gasteiger partial charge in [-0.1, -0.05) is 19.8 Å². The molecule has 3 heteroatoms. The summed E-state index contributed by atoms with van der Waals surface area (Å²) in [6.07, 6.45) is 11.9. The lowest BCUT2D eigenvalue weighted by molar-refractivity contribution is -0.167. The third-order valence-corrected chi connectivity index (χ3v) is 4.25. The van der Waals surface area contributed by atoms with Crippen molar-refractivity contribution >= 4 is 5.97 Å². The number of hydrogen-bond donors (Lipinski definition) is 2. The Hall–Kier alpha value is -1.45. The highest BCUT2D eigenvalue weighted by molar-refractivity contribution is 5.80. The van der Waals surface area contributed by atoms with Gasteiger partial charge in [0.1, 0.15) is 0 Å². The molecular weight excluding hydrogens is 228 g/mol. The Morgan fingerprint density at radius 2 is 2.06 bits per heavy atom. The number of aliphatic carboxylic acids is 1. The van der Waals surface area contributed by atoms with Gasteiger partial charge < -0.3 is 10.2 Å². The molecule has 0 aromatic carbocycles. The first-order chi connectivity index (χ1) is 8.32. The van der Waals surface area contributed by atoms with E-state index in [-0.39, 0.29) is 11.3 Å². The van der Waals surface area contributed by atoms with E-state index in [1.165, 1.54) is 0 Å². The fourth-order valence-electron chi connectivity index (χ4n) is 3.16. The van der Waals surface area contributed by atoms with Crippen LogP contribution in [0.2, 0.25) is 0 Å². The minimum atomic E-state index is -1.52. The lowest BCUT2D eigenvalue weighted by Crippen LogP contribution is -2.55. The summed E-state index contributed by atoms with van der Waals surface area (Å²) < 4.78 is 0. The first kappa shape index (κ1) is 14.6. The Morgan fingerprint density at radius 1 is 1.44 bits per heavy atom. The zero-order valence-corrected chi connectivity index (χ0v) is 10.9. The molecule has 0 bridgehead atoms. The molecule has 3 unspecified atom stereocenters. The number of hydrogen-bond acceptors (Lipinski definition) is 2. The molecule has 1 saturated carbocycles. The summed E-state index contributed by atoms with van der Waals surface area (Å²) in [5.74, 6) is 3.46. The summed E-state index contributed by atoms with van der Waals surface area (Å²) in [5.41, 5.74) is -1.75. The minimum absolute atomic E-state index is 0.235. The van der Waals surface area contributed by atoms with Crippen molar-refractivity contribution in [2.45, 2.75) is 45.6 Å². The maximum absolute atomic E-state index is 11.6. The molecule has 0 amide bonds. The first-order valence-electron chi connectivity index (χ1n) is 6.15. The average Bonchev–Trinajstić information content (AvgIpc) is 2.30. The summed E-state index contributed by atoms with van der Waals surface area (Å²) in [6, 6.07) is 0. The maximum atomic E-state index is 11.6. The quantitative estimate of drug-likeness (QED) is 0.750. The van der Waals surface area contributed by atoms with Crippen molar-refractivity contribution in [3.05, 3.63) is 0 Å². The van der Waals surface area contributed by atoms with Crippen LogP contribution >= 0.6 is 0 Å². The molecule has 1 aliphatic carbocycles. The van der Waals surface area contributed by atoms with E-state index in [1.54, 1.807) is 0 Å². The molecule has 98 valence electrons. The molecule has 1 aliphatic rings. The Balaban J connectivity index is 3.26. The fourth-order valence-corrected chi connectivity index (χ4v) is 3.16. The molecule has 0 aromatic rings. The number of aliphatic hydroxyl groups is 1. The summed E-state index contributed by atoms with van der Waals surface area (Å²) in [7, 11) is 0. The van der Waals surface area contributed by atoms with Crippen LogP contribution in [-0.2, 0) is 4.79 Å². The van der Waals surface area contributed by atoms with Crippen molar-refractivity contribution in [3.8, 4) is 24.7 Å². The largest absolute Gasteiger partial charge is 0.480 e. The molecule has 0 spiro atoms. The van der Waals surface area contributed by atoms with Crippen LogP contribution in [-0.4, -0.2) is 22.3 Å². The zero-order valence-electron chi connectivity index (χ0n) is 10.9. The van der Waals surface area contributed by atoms with Crippen molar-refractivity contribution in [2.24, 2.45) is 16.7 Å². The van der Waals surface area contributed by atoms with Gasteiger partial charge in [-0.05, 0) is 30.6 Å². The highest BCUT2D eigenvalue weighted by Gasteiger charge is 2.58. The fraction of sp³-hybridized carbons (Fsp3) is 0.667. The molecule has 3 atom stereocenters. The SMILES string of the molecule is C#CCCC1C(C)(C)CCC(O)C1(C#C)C(=O)O. The molecule has 1 fully saturated rings. The Bertz CT molecular complexity index is 410. The molecule has 2 N–H and O–H groups in total. The number of carboxylic acids is 1. The summed E-state index contributed by atoms with van der Waals surface area (Å²) >= 11 is 0. The molecule has 0 radical (unpaired) electrons. The van der Waals surface area contributed by atoms with Gasteiger partial charge in [-0.3, -0.25) is 4.79 Å². The number of carbonyl (C=O) groups is 1. The number of rotatable bonds is 3. The lowest BCUT2D eigenvalue weighted by Gasteiger charge is -2.50. The van der Waals surface area contributed by atoms with Crippen LogP contribution in [0.4, 0.5) is 0 Å². The van der Waals surface area contributed by atoms with Crippen molar-refractivity contribution in [3.63, 3.8) is 0 Å². The van der Waals surface area contributed by atoms with Gasteiger partial charge in [0.15, 0.2) is 5.41 Å². The molecule has 1 rings (SSSR count). The second-order valence-electron chi connectivity index (χ2n) is 5.66. The van der Waals surface area contributed by atoms with Crippen molar-refractivity contribution in [1.29, 1.82) is 0 Å². The zero-order chi connectivity index (χ0) is 14.0. The summed E-state index contributed by atoms with van der Waals surface area (Å²) in [6.45, 7) is 3.99. The standard InChI is InChI=1S/C15H20O3/c1-5-7-8-11-14(3,4)10-9-12(16)15(11,6-2)13(17)18/h1-2,11-12,16H,7-10H2,3-4H3,(H,17,18). The minimum Gasteiger partial charge on any atom is -0.480 e. The van der Waals surface area contributed by atoms with Crippen molar-refractivity contribution in [1.82, 2.24) is 0 Å². The van der Waals surface area contributed by atoms with Crippen molar-refractivity contribution < 1.29 is 15.0 Å². The van der Waals surface area contributed by atoms with Crippen LogP contribution in [0.15, 0.2) is 0 Å². The van der Waals surface area contributed by atoms with E-state index in [1.807, 2.05) is 13.8 Å². The van der Waals surface area contributed by atoms with Gasteiger partial charge in [-0.25, -0.2) is 0 Å². The second-order valence-corrected chi connectivity index (χ2v) is 5.66. The average molecular weight is 248 g/mol. The van der Waals surface area contributed by atoms with E-state index >= 15 is 0 Å². The van der Waals surface area contributed by atoms with E-state index in [2.05, 4.69) is 11.8 Å². The molecule has 0 heterocycles. The number of carboxylic acid groups (broad SMARTS) is 1. The lowest BCUT2D eigenvalue weighted by atomic mass is 9.53. The van der Waals surface area contributed by atoms with E-state index in [9.17, 15) is 15.0 Å². The number of terminal acetylenes is 2. The predicted molar refractivity (Wildman–Crippen MR) is 69.5 cm³/mol. The van der Waals surface area contributed by atoms with Gasteiger partial charge in [0, 0.05) is 6.42 Å². The summed E-state index contributed by atoms with van der Waals surface area (Å²) in [4.78, 5) is 11.6. The third kappa shape index (κ3) is 2.11. The highest BCUT2D eigenvalue weighted by Crippen LogP contribution is 2.53. The third-order valence-electron chi connectivity index (χ3n) is 4.25. The second kappa shape index (κ2) is 5.04. The van der Waals surface area contributed by atoms with Crippen LogP contribution in [0.1, 0.15) is 39.5 Å². The van der Waals surface area contributed by atoms with Gasteiger partial charge in [0.2, 0.25) is 0 Å². The Morgan fingerprint density at radius 3 is 2.50 bits per heavy atom. The van der Waals surface area contributed by atoms with Crippen LogP contribution < -0.4 is 0 Å². The highest BCUT2D eigenvalue weighted by atomic mass is 16.4. The van der Waals surface area contributed by atoms with Crippen LogP contribution in [0, 0.1) is 41.4 Å². The topological polar surface area (TPSA) is 57.5 Å². The maximum Gasteiger partial charge on any atom is 0.324 e. The Kier molecular flexibility index (Phi) is 4.09. The van der Waals surface area contributed by atoms with E-state index in [0.29, 0.717) is 19.3 Å². The monoisotopic (exact) mass is 248 g/mol. The predicted octanol–water partition coefficient (Wildman–Crippen LogP) is 1.90. The smallest absolute Gasteiger partial charge is 0.324 e. The van der Waals surface area contributed by atoms with Gasteiger partial charge in [-0.2, -0.15) is 0 Å². The van der Waals surface area contributed by atoms with Crippen LogP contribution in [0.3, 0.4) is 0 Å². The molecule has 18 heavy (non-hydrogen) atoms. The van der Waals surface area contributed by atoms with Gasteiger partial charge in [-0.15, -0.1) is 18.8 Å². The molecule has 0 aromatic heterocycles. The normalized spacial score (nSPS) is 34.3. The summed E-state index contributed by atoms with van der Waals surface area (Å²) in [5, 5.41) is 19.6. The molecule has 0 saturated heterocycles. The molecule has 0 aliphatic heterocycles. The van der Waals surface area contributed by atoms with E-state index < -0.39 is 17.5 Å². The first-order valence-corrected chi connectivity index (χ1v) is 6.15. The number of aliphatic hydroxyl groups excluding tert-OH is 1. The van der Waals surface area contributed by atoms with Crippen LogP contribution in [0.5, 0.6) is 0 Å². The Labute approximate surface area is 109 Å². The molecule has 3 nitrogen and oxygen atoms in total. The van der Waals surface area contributed by atoms with Crippen molar-refractivity contribution in [2.75, 3.05) is 0 Å².